The summed E-state index contributed by atoms with van der Waals surface area (Å²) in [5.41, 5.74) is 3.97. The van der Waals surface area contributed by atoms with Crippen molar-refractivity contribution in [1.29, 1.82) is 0 Å². The van der Waals surface area contributed by atoms with Crippen molar-refractivity contribution in [3.8, 4) is 16.9 Å². The molecule has 0 atom stereocenters. The number of barbiturate groups is 1. The van der Waals surface area contributed by atoms with E-state index in [1.165, 1.54) is 20.2 Å². The van der Waals surface area contributed by atoms with Gasteiger partial charge in [-0.15, -0.1) is 0 Å². The lowest BCUT2D eigenvalue weighted by atomic mass is 10.0. The van der Waals surface area contributed by atoms with E-state index in [-0.39, 0.29) is 5.57 Å². The number of urea groups is 1. The summed E-state index contributed by atoms with van der Waals surface area (Å²) >= 11 is 0. The third-order valence-corrected chi connectivity index (χ3v) is 5.03. The van der Waals surface area contributed by atoms with Crippen LogP contribution in [0, 0.1) is 6.92 Å². The topological polar surface area (TPSA) is 75.5 Å². The molecule has 0 N–H and O–H groups in total. The molecule has 0 saturated carbocycles. The van der Waals surface area contributed by atoms with Crippen molar-refractivity contribution in [1.82, 2.24) is 19.6 Å². The Labute approximate surface area is 173 Å². The quantitative estimate of drug-likeness (QED) is 0.499. The number of imide groups is 2. The van der Waals surface area contributed by atoms with Gasteiger partial charge in [-0.05, 0) is 25.1 Å². The third-order valence-electron chi connectivity index (χ3n) is 5.03. The molecule has 0 radical (unpaired) electrons. The molecule has 7 nitrogen and oxygen atoms in total. The zero-order valence-corrected chi connectivity index (χ0v) is 16.9. The Hall–Kier alpha value is -4.00. The van der Waals surface area contributed by atoms with E-state index in [0.29, 0.717) is 11.3 Å². The average molecular weight is 400 g/mol. The van der Waals surface area contributed by atoms with Crippen LogP contribution in [-0.4, -0.2) is 51.5 Å². The molecule has 1 aliphatic rings. The molecule has 4 amide bonds. The van der Waals surface area contributed by atoms with Gasteiger partial charge < -0.3 is 0 Å². The van der Waals surface area contributed by atoms with E-state index >= 15 is 0 Å². The molecule has 150 valence electrons. The summed E-state index contributed by atoms with van der Waals surface area (Å²) in [6, 6.07) is 16.8. The highest BCUT2D eigenvalue weighted by Crippen LogP contribution is 2.27. The highest BCUT2D eigenvalue weighted by Gasteiger charge is 2.38. The smallest absolute Gasteiger partial charge is 0.268 e. The van der Waals surface area contributed by atoms with Crippen molar-refractivity contribution in [3.05, 3.63) is 77.5 Å². The monoisotopic (exact) mass is 400 g/mol. The number of aryl methyl sites for hydroxylation is 1. The van der Waals surface area contributed by atoms with Gasteiger partial charge in [0.15, 0.2) is 0 Å². The molecule has 0 aliphatic carbocycles. The van der Waals surface area contributed by atoms with Gasteiger partial charge in [0.25, 0.3) is 11.8 Å². The van der Waals surface area contributed by atoms with Gasteiger partial charge in [0.1, 0.15) is 5.57 Å². The summed E-state index contributed by atoms with van der Waals surface area (Å²) in [5.74, 6) is -1.27. The fraction of sp³-hybridized carbons (Fsp3) is 0.130. The van der Waals surface area contributed by atoms with E-state index in [1.807, 2.05) is 61.5 Å². The van der Waals surface area contributed by atoms with Crippen LogP contribution in [0.5, 0.6) is 0 Å². The highest BCUT2D eigenvalue weighted by molar-refractivity contribution is 6.30. The van der Waals surface area contributed by atoms with Crippen molar-refractivity contribution >= 4 is 23.9 Å². The summed E-state index contributed by atoms with van der Waals surface area (Å²) in [6.07, 6.45) is 3.28. The minimum absolute atomic E-state index is 0.0828. The first kappa shape index (κ1) is 19.3. The Balaban J connectivity index is 1.88. The molecular weight excluding hydrogens is 380 g/mol. The number of rotatable bonds is 3. The summed E-state index contributed by atoms with van der Waals surface area (Å²) in [5, 5.41) is 4.70. The molecular formula is C23H20N4O3. The third kappa shape index (κ3) is 3.30. The highest BCUT2D eigenvalue weighted by atomic mass is 16.2. The molecule has 1 fully saturated rings. The van der Waals surface area contributed by atoms with Crippen LogP contribution in [0.1, 0.15) is 11.1 Å². The lowest BCUT2D eigenvalue weighted by Gasteiger charge is -2.28. The maximum atomic E-state index is 12.6. The second-order valence-electron chi connectivity index (χ2n) is 7.15. The molecule has 1 aromatic heterocycles. The van der Waals surface area contributed by atoms with E-state index in [9.17, 15) is 14.4 Å². The summed E-state index contributed by atoms with van der Waals surface area (Å²) in [7, 11) is 2.71. The Morgan fingerprint density at radius 2 is 1.43 bits per heavy atom. The number of amides is 4. The maximum Gasteiger partial charge on any atom is 0.333 e. The SMILES string of the molecule is Cc1ccc(-c2nn(-c3ccccc3)cc2C=C2C(=O)N(C)C(=O)N(C)C2=O)cc1. The van der Waals surface area contributed by atoms with Crippen LogP contribution in [0.4, 0.5) is 4.79 Å². The predicted octanol–water partition coefficient (Wildman–Crippen LogP) is 3.28. The van der Waals surface area contributed by atoms with Crippen LogP contribution in [0.15, 0.2) is 66.4 Å². The molecule has 30 heavy (non-hydrogen) atoms. The van der Waals surface area contributed by atoms with Gasteiger partial charge in [-0.3, -0.25) is 19.4 Å². The van der Waals surface area contributed by atoms with E-state index in [1.54, 1.807) is 10.9 Å². The normalized spacial score (nSPS) is 14.5. The lowest BCUT2D eigenvalue weighted by molar-refractivity contribution is -0.134. The average Bonchev–Trinajstić information content (AvgIpc) is 3.19. The molecule has 2 aromatic carbocycles. The summed E-state index contributed by atoms with van der Waals surface area (Å²) in [6.45, 7) is 2.00. The van der Waals surface area contributed by atoms with Crippen LogP contribution in [0.2, 0.25) is 0 Å². The van der Waals surface area contributed by atoms with Gasteiger partial charge in [-0.1, -0.05) is 48.0 Å². The van der Waals surface area contributed by atoms with E-state index in [4.69, 9.17) is 5.10 Å². The van der Waals surface area contributed by atoms with Crippen molar-refractivity contribution < 1.29 is 14.4 Å². The fourth-order valence-electron chi connectivity index (χ4n) is 3.27. The molecule has 1 aliphatic heterocycles. The molecule has 0 unspecified atom stereocenters. The number of carbonyl (C=O) groups excluding carboxylic acids is 3. The summed E-state index contributed by atoms with van der Waals surface area (Å²) < 4.78 is 1.71. The van der Waals surface area contributed by atoms with Crippen molar-refractivity contribution in [3.63, 3.8) is 0 Å². The Morgan fingerprint density at radius 3 is 2.03 bits per heavy atom. The number of nitrogens with zero attached hydrogens (tertiary/aromatic N) is 4. The van der Waals surface area contributed by atoms with Crippen molar-refractivity contribution in [2.45, 2.75) is 6.92 Å². The van der Waals surface area contributed by atoms with Crippen LogP contribution in [0.25, 0.3) is 23.0 Å². The largest absolute Gasteiger partial charge is 0.333 e. The zero-order chi connectivity index (χ0) is 21.4. The first-order chi connectivity index (χ1) is 14.4. The minimum Gasteiger partial charge on any atom is -0.268 e. The van der Waals surface area contributed by atoms with Gasteiger partial charge in [0, 0.05) is 31.4 Å². The number of aromatic nitrogens is 2. The van der Waals surface area contributed by atoms with E-state index in [2.05, 4.69) is 0 Å². The molecule has 0 spiro atoms. The Kier molecular flexibility index (Phi) is 4.79. The number of carbonyl (C=O) groups is 3. The van der Waals surface area contributed by atoms with E-state index < -0.39 is 17.8 Å². The predicted molar refractivity (Wildman–Crippen MR) is 113 cm³/mol. The summed E-state index contributed by atoms with van der Waals surface area (Å²) in [4.78, 5) is 39.1. The van der Waals surface area contributed by atoms with Crippen LogP contribution >= 0.6 is 0 Å². The van der Waals surface area contributed by atoms with Crippen molar-refractivity contribution in [2.24, 2.45) is 0 Å². The van der Waals surface area contributed by atoms with Crippen LogP contribution in [0.3, 0.4) is 0 Å². The van der Waals surface area contributed by atoms with Crippen LogP contribution < -0.4 is 0 Å². The second-order valence-corrected chi connectivity index (χ2v) is 7.15. The molecule has 3 aromatic rings. The Bertz CT molecular complexity index is 1150. The van der Waals surface area contributed by atoms with Gasteiger partial charge in [0.2, 0.25) is 0 Å². The van der Waals surface area contributed by atoms with Gasteiger partial charge in [0.05, 0.1) is 11.4 Å². The lowest BCUT2D eigenvalue weighted by Crippen LogP contribution is -2.52. The van der Waals surface area contributed by atoms with Gasteiger partial charge >= 0.3 is 6.03 Å². The Morgan fingerprint density at radius 1 is 0.833 bits per heavy atom. The molecule has 7 heteroatoms. The van der Waals surface area contributed by atoms with Crippen LogP contribution in [-0.2, 0) is 9.59 Å². The number of para-hydroxylation sites is 1. The zero-order valence-electron chi connectivity index (χ0n) is 16.9. The molecule has 0 bridgehead atoms. The fourth-order valence-corrected chi connectivity index (χ4v) is 3.27. The molecule has 2 heterocycles. The molecule has 1 saturated heterocycles. The van der Waals surface area contributed by atoms with Gasteiger partial charge in [-0.2, -0.15) is 5.10 Å². The maximum absolute atomic E-state index is 12.6. The number of benzene rings is 2. The number of likely N-dealkylation sites (N-methyl/N-ethyl adjacent to an activating group) is 2. The van der Waals surface area contributed by atoms with E-state index in [0.717, 1.165) is 26.6 Å². The first-order valence-corrected chi connectivity index (χ1v) is 9.40. The number of hydrogen-bond donors (Lipinski definition) is 0. The number of hydrogen-bond acceptors (Lipinski definition) is 4. The molecule has 4 rings (SSSR count). The minimum atomic E-state index is -0.652. The van der Waals surface area contributed by atoms with Crippen molar-refractivity contribution in [2.75, 3.05) is 14.1 Å². The standard InChI is InChI=1S/C23H20N4O3/c1-15-9-11-16(12-10-15)20-17(14-27(24-20)18-7-5-4-6-8-18)13-19-21(28)25(2)23(30)26(3)22(19)29/h4-14H,1-3H3. The second kappa shape index (κ2) is 7.44. The van der Waals surface area contributed by atoms with Gasteiger partial charge in [-0.25, -0.2) is 9.48 Å². The first-order valence-electron chi connectivity index (χ1n) is 9.40.